The van der Waals surface area contributed by atoms with Crippen LogP contribution in [0.5, 0.6) is 11.5 Å². The van der Waals surface area contributed by atoms with Crippen molar-refractivity contribution in [3.8, 4) is 11.5 Å². The molecule has 0 amide bonds. The number of hydrogen-bond donors (Lipinski definition) is 2. The van der Waals surface area contributed by atoms with Gasteiger partial charge in [-0.3, -0.25) is 0 Å². The number of methoxy groups -OCH3 is 2. The zero-order chi connectivity index (χ0) is 16.9. The van der Waals surface area contributed by atoms with Crippen LogP contribution in [0.3, 0.4) is 0 Å². The van der Waals surface area contributed by atoms with E-state index in [0.717, 1.165) is 16.5 Å². The van der Waals surface area contributed by atoms with Crippen molar-refractivity contribution in [1.29, 1.82) is 0 Å². The molecule has 0 fully saturated rings. The van der Waals surface area contributed by atoms with Crippen LogP contribution in [-0.4, -0.2) is 25.9 Å². The molecule has 24 heavy (non-hydrogen) atoms. The van der Waals surface area contributed by atoms with Crippen LogP contribution in [0.15, 0.2) is 53.1 Å². The molecular weight excluding hydrogens is 306 g/mol. The van der Waals surface area contributed by atoms with Gasteiger partial charge in [-0.25, -0.2) is 0 Å². The Bertz CT molecular complexity index is 812. The first-order valence-electron chi connectivity index (χ1n) is 7.78. The summed E-state index contributed by atoms with van der Waals surface area (Å²) in [5.74, 6) is 1.32. The molecular formula is C19H21NO4. The van der Waals surface area contributed by atoms with Crippen LogP contribution in [0.25, 0.3) is 11.0 Å². The number of para-hydroxylation sites is 1. The van der Waals surface area contributed by atoms with Crippen LogP contribution in [0.2, 0.25) is 0 Å². The van der Waals surface area contributed by atoms with Gasteiger partial charge >= 0.3 is 0 Å². The number of aliphatic hydroxyl groups is 1. The van der Waals surface area contributed by atoms with E-state index < -0.39 is 6.10 Å². The molecule has 0 aliphatic carbocycles. The van der Waals surface area contributed by atoms with Crippen LogP contribution in [-0.2, 0) is 6.54 Å². The van der Waals surface area contributed by atoms with Crippen molar-refractivity contribution in [3.05, 3.63) is 59.9 Å². The summed E-state index contributed by atoms with van der Waals surface area (Å²) in [5.41, 5.74) is 2.63. The molecule has 0 spiro atoms. The van der Waals surface area contributed by atoms with Gasteiger partial charge in [-0.05, 0) is 24.3 Å². The third-order valence-corrected chi connectivity index (χ3v) is 4.01. The van der Waals surface area contributed by atoms with E-state index in [1.807, 2.05) is 24.3 Å². The molecule has 2 aromatic carbocycles. The Labute approximate surface area is 140 Å². The molecule has 3 rings (SSSR count). The fraction of sp³-hybridized carbons (Fsp3) is 0.263. The van der Waals surface area contributed by atoms with Gasteiger partial charge in [0.05, 0.1) is 26.6 Å². The van der Waals surface area contributed by atoms with Crippen molar-refractivity contribution in [2.24, 2.45) is 0 Å². The molecule has 5 nitrogen and oxygen atoms in total. The lowest BCUT2D eigenvalue weighted by Crippen LogP contribution is -2.21. The smallest absolute Gasteiger partial charge is 0.134 e. The average Bonchev–Trinajstić information content (AvgIpc) is 3.04. The number of aliphatic hydroxyl groups excluding tert-OH is 1. The molecule has 126 valence electrons. The molecule has 1 unspecified atom stereocenters. The number of hydrogen-bond acceptors (Lipinski definition) is 5. The van der Waals surface area contributed by atoms with E-state index in [2.05, 4.69) is 5.32 Å². The van der Waals surface area contributed by atoms with Gasteiger partial charge in [0.15, 0.2) is 0 Å². The Balaban J connectivity index is 1.66. The molecule has 0 aliphatic heterocycles. The van der Waals surface area contributed by atoms with Crippen molar-refractivity contribution in [1.82, 2.24) is 5.32 Å². The van der Waals surface area contributed by atoms with Crippen molar-refractivity contribution in [2.75, 3.05) is 20.8 Å². The highest BCUT2D eigenvalue weighted by molar-refractivity contribution is 5.80. The lowest BCUT2D eigenvalue weighted by Gasteiger charge is -2.16. The second kappa shape index (κ2) is 7.38. The number of rotatable bonds is 7. The van der Waals surface area contributed by atoms with Crippen molar-refractivity contribution < 1.29 is 19.0 Å². The Morgan fingerprint density at radius 2 is 1.96 bits per heavy atom. The minimum absolute atomic E-state index is 0.392. The lowest BCUT2D eigenvalue weighted by molar-refractivity contribution is 0.169. The van der Waals surface area contributed by atoms with Crippen LogP contribution in [0, 0.1) is 0 Å². The van der Waals surface area contributed by atoms with Crippen LogP contribution < -0.4 is 14.8 Å². The largest absolute Gasteiger partial charge is 0.497 e. The van der Waals surface area contributed by atoms with E-state index in [4.69, 9.17) is 13.9 Å². The first-order chi connectivity index (χ1) is 11.7. The molecule has 1 heterocycles. The monoisotopic (exact) mass is 327 g/mol. The summed E-state index contributed by atoms with van der Waals surface area (Å²) in [4.78, 5) is 0. The molecule has 3 aromatic rings. The summed E-state index contributed by atoms with van der Waals surface area (Å²) in [6.07, 6.45) is 1.05. The molecule has 2 N–H and O–H groups in total. The number of benzene rings is 2. The molecule has 0 saturated carbocycles. The number of ether oxygens (including phenoxy) is 2. The fourth-order valence-corrected chi connectivity index (χ4v) is 2.72. The Hall–Kier alpha value is -2.50. The van der Waals surface area contributed by atoms with Crippen LogP contribution in [0.1, 0.15) is 17.2 Å². The molecule has 1 atom stereocenters. The summed E-state index contributed by atoms with van der Waals surface area (Å²) < 4.78 is 16.1. The van der Waals surface area contributed by atoms with Crippen LogP contribution in [0.4, 0.5) is 0 Å². The quantitative estimate of drug-likeness (QED) is 0.697. The summed E-state index contributed by atoms with van der Waals surface area (Å²) in [6, 6.07) is 13.3. The maximum absolute atomic E-state index is 10.5. The second-order valence-electron chi connectivity index (χ2n) is 5.51. The van der Waals surface area contributed by atoms with E-state index >= 15 is 0 Å². The first-order valence-corrected chi connectivity index (χ1v) is 7.78. The van der Waals surface area contributed by atoms with Gasteiger partial charge in [-0.2, -0.15) is 0 Å². The standard InChI is InChI=1S/C19H21NO4/c1-22-14-7-8-18(23-2)16(9-14)17(21)11-20-10-13-12-24-19-6-4-3-5-15(13)19/h3-9,12,17,20-21H,10-11H2,1-2H3. The van der Waals surface area contributed by atoms with Gasteiger partial charge < -0.3 is 24.3 Å². The van der Waals surface area contributed by atoms with Gasteiger partial charge in [0.2, 0.25) is 0 Å². The lowest BCUT2D eigenvalue weighted by atomic mass is 10.1. The number of nitrogens with one attached hydrogen (secondary N) is 1. The second-order valence-corrected chi connectivity index (χ2v) is 5.51. The highest BCUT2D eigenvalue weighted by Gasteiger charge is 2.15. The molecule has 0 radical (unpaired) electrons. The first kappa shape index (κ1) is 16.4. The van der Waals surface area contributed by atoms with Gasteiger partial charge in [-0.1, -0.05) is 18.2 Å². The van der Waals surface area contributed by atoms with Gasteiger partial charge in [0.1, 0.15) is 17.1 Å². The van der Waals surface area contributed by atoms with E-state index in [9.17, 15) is 5.11 Å². The highest BCUT2D eigenvalue weighted by Crippen LogP contribution is 2.29. The third-order valence-electron chi connectivity index (χ3n) is 4.01. The summed E-state index contributed by atoms with van der Waals surface area (Å²) in [6.45, 7) is 1.00. The summed E-state index contributed by atoms with van der Waals surface area (Å²) >= 11 is 0. The third kappa shape index (κ3) is 3.37. The number of furan rings is 1. The minimum atomic E-state index is -0.701. The SMILES string of the molecule is COc1ccc(OC)c(C(O)CNCc2coc3ccccc23)c1. The maximum Gasteiger partial charge on any atom is 0.134 e. The van der Waals surface area contributed by atoms with Crippen LogP contribution >= 0.6 is 0 Å². The van der Waals surface area contributed by atoms with Crippen molar-refractivity contribution >= 4 is 11.0 Å². The normalized spacial score (nSPS) is 12.3. The zero-order valence-electron chi connectivity index (χ0n) is 13.8. The van der Waals surface area contributed by atoms with Gasteiger partial charge in [0.25, 0.3) is 0 Å². The maximum atomic E-state index is 10.5. The topological polar surface area (TPSA) is 63.9 Å². The molecule has 0 aliphatic rings. The summed E-state index contributed by atoms with van der Waals surface area (Å²) in [7, 11) is 3.18. The predicted octanol–water partition coefficient (Wildman–Crippen LogP) is 3.27. The minimum Gasteiger partial charge on any atom is -0.497 e. The summed E-state index contributed by atoms with van der Waals surface area (Å²) in [5, 5.41) is 14.8. The molecule has 0 bridgehead atoms. The number of fused-ring (bicyclic) bond motifs is 1. The Morgan fingerprint density at radius 1 is 1.12 bits per heavy atom. The highest BCUT2D eigenvalue weighted by atomic mass is 16.5. The molecule has 1 aromatic heterocycles. The van der Waals surface area contributed by atoms with Gasteiger partial charge in [-0.15, -0.1) is 0 Å². The fourth-order valence-electron chi connectivity index (χ4n) is 2.72. The molecule has 0 saturated heterocycles. The van der Waals surface area contributed by atoms with Crippen molar-refractivity contribution in [2.45, 2.75) is 12.6 Å². The van der Waals surface area contributed by atoms with E-state index in [-0.39, 0.29) is 0 Å². The predicted molar refractivity (Wildman–Crippen MR) is 92.4 cm³/mol. The van der Waals surface area contributed by atoms with E-state index in [1.54, 1.807) is 38.7 Å². The Morgan fingerprint density at radius 3 is 2.75 bits per heavy atom. The average molecular weight is 327 g/mol. The van der Waals surface area contributed by atoms with E-state index in [1.165, 1.54) is 0 Å². The zero-order valence-corrected chi connectivity index (χ0v) is 13.8. The van der Waals surface area contributed by atoms with E-state index in [0.29, 0.717) is 30.2 Å². The van der Waals surface area contributed by atoms with Crippen molar-refractivity contribution in [3.63, 3.8) is 0 Å². The van der Waals surface area contributed by atoms with Gasteiger partial charge in [0, 0.05) is 29.6 Å². The Kier molecular flexibility index (Phi) is 5.03. The molecule has 5 heteroatoms.